The van der Waals surface area contributed by atoms with Crippen molar-refractivity contribution in [3.8, 4) is 0 Å². The fraction of sp³-hybridized carbons (Fsp3) is 0.471. The molecule has 0 aliphatic heterocycles. The average Bonchev–Trinajstić information content (AvgIpc) is 2.89. The van der Waals surface area contributed by atoms with Gasteiger partial charge in [-0.3, -0.25) is 9.59 Å². The topological polar surface area (TPSA) is 56.3 Å². The molecule has 0 amide bonds. The van der Waals surface area contributed by atoms with Crippen LogP contribution in [0.2, 0.25) is 0 Å². The van der Waals surface area contributed by atoms with Gasteiger partial charge in [-0.1, -0.05) is 37.3 Å². The zero-order valence-corrected chi connectivity index (χ0v) is 15.3. The number of nitrogens with zero attached hydrogens (tertiary/aromatic N) is 1. The van der Waals surface area contributed by atoms with Crippen molar-refractivity contribution in [3.63, 3.8) is 0 Å². The van der Waals surface area contributed by atoms with Crippen molar-refractivity contribution in [2.24, 2.45) is 0 Å². The van der Waals surface area contributed by atoms with Gasteiger partial charge < -0.3 is 4.74 Å². The minimum Gasteiger partial charge on any atom is -0.450 e. The predicted molar refractivity (Wildman–Crippen MR) is 96.4 cm³/mol. The summed E-state index contributed by atoms with van der Waals surface area (Å²) in [5.74, 6) is 0.476. The van der Waals surface area contributed by atoms with Crippen LogP contribution in [0.3, 0.4) is 0 Å². The van der Waals surface area contributed by atoms with E-state index in [1.165, 1.54) is 0 Å². The largest absolute Gasteiger partial charge is 0.450 e. The van der Waals surface area contributed by atoms with Crippen LogP contribution >= 0.6 is 21.6 Å². The summed E-state index contributed by atoms with van der Waals surface area (Å²) in [4.78, 5) is 27.4. The van der Waals surface area contributed by atoms with Crippen molar-refractivity contribution >= 4 is 33.3 Å². The van der Waals surface area contributed by atoms with E-state index >= 15 is 0 Å². The third kappa shape index (κ3) is 7.22. The molecule has 4 nitrogen and oxygen atoms in total. The average molecular weight is 354 g/mol. The summed E-state index contributed by atoms with van der Waals surface area (Å²) in [7, 11) is 3.25. The maximum absolute atomic E-state index is 11.7. The molecule has 0 N–H and O–H groups in total. The van der Waals surface area contributed by atoms with Gasteiger partial charge in [-0.2, -0.15) is 0 Å². The molecule has 1 heterocycles. The van der Waals surface area contributed by atoms with Gasteiger partial charge in [0.05, 0.1) is 0 Å². The molecule has 1 unspecified atom stereocenters. The number of ether oxygens (including phenoxy) is 1. The highest BCUT2D eigenvalue weighted by atomic mass is 33.1. The first-order valence-electron chi connectivity index (χ1n) is 7.77. The van der Waals surface area contributed by atoms with Gasteiger partial charge in [-0.15, -0.1) is 0 Å². The number of hydrogen-bond acceptors (Lipinski definition) is 6. The Balaban J connectivity index is 0.00000127. The first kappa shape index (κ1) is 19.8. The van der Waals surface area contributed by atoms with Crippen LogP contribution in [-0.2, 0) is 14.3 Å². The van der Waals surface area contributed by atoms with Crippen LogP contribution in [-0.4, -0.2) is 28.6 Å². The monoisotopic (exact) mass is 353 g/mol. The first-order valence-corrected chi connectivity index (χ1v) is 10.1. The molecule has 0 aromatic carbocycles. The number of esters is 1. The molecule has 0 spiro atoms. The van der Waals surface area contributed by atoms with Gasteiger partial charge in [0.15, 0.2) is 11.9 Å². The normalized spacial score (nSPS) is 16.7. The summed E-state index contributed by atoms with van der Waals surface area (Å²) in [6.45, 7) is 7.77. The van der Waals surface area contributed by atoms with Crippen LogP contribution in [0.4, 0.5) is 0 Å². The molecular weight excluding hydrogens is 330 g/mol. The van der Waals surface area contributed by atoms with E-state index in [4.69, 9.17) is 4.74 Å². The molecule has 23 heavy (non-hydrogen) atoms. The van der Waals surface area contributed by atoms with Gasteiger partial charge in [0, 0.05) is 24.8 Å². The Morgan fingerprint density at radius 3 is 2.78 bits per heavy atom. The maximum atomic E-state index is 11.7. The van der Waals surface area contributed by atoms with Gasteiger partial charge in [0.2, 0.25) is 0 Å². The smallest absolute Gasteiger partial charge is 0.306 e. The molecule has 1 aliphatic carbocycles. The summed E-state index contributed by atoms with van der Waals surface area (Å²) in [5.41, 5.74) is 0.716. The molecule has 6 heteroatoms. The molecule has 1 atom stereocenters. The van der Waals surface area contributed by atoms with E-state index in [0.29, 0.717) is 24.8 Å². The molecule has 2 rings (SSSR count). The Bertz CT molecular complexity index is 504. The lowest BCUT2D eigenvalue weighted by Crippen LogP contribution is -2.23. The third-order valence-electron chi connectivity index (χ3n) is 3.00. The van der Waals surface area contributed by atoms with Gasteiger partial charge in [0.1, 0.15) is 5.03 Å². The summed E-state index contributed by atoms with van der Waals surface area (Å²) in [6.07, 6.45) is 3.17. The fourth-order valence-electron chi connectivity index (χ4n) is 1.89. The van der Waals surface area contributed by atoms with E-state index in [1.807, 2.05) is 32.0 Å². The lowest BCUT2D eigenvalue weighted by molar-refractivity contribution is -0.151. The Morgan fingerprint density at radius 1 is 1.39 bits per heavy atom. The molecule has 126 valence electrons. The number of aromatic nitrogens is 1. The van der Waals surface area contributed by atoms with Crippen LogP contribution in [0.25, 0.3) is 0 Å². The van der Waals surface area contributed by atoms with E-state index in [9.17, 15) is 9.59 Å². The van der Waals surface area contributed by atoms with Crippen molar-refractivity contribution in [2.75, 3.05) is 5.75 Å². The van der Waals surface area contributed by atoms with Crippen LogP contribution in [0, 0.1) is 0 Å². The second-order valence-corrected chi connectivity index (χ2v) is 7.11. The zero-order chi connectivity index (χ0) is 17.1. The van der Waals surface area contributed by atoms with Crippen molar-refractivity contribution in [1.82, 2.24) is 4.98 Å². The Kier molecular flexibility index (Phi) is 9.71. The van der Waals surface area contributed by atoms with Crippen LogP contribution in [0.5, 0.6) is 0 Å². The molecule has 1 aromatic rings. The zero-order valence-electron chi connectivity index (χ0n) is 13.6. The van der Waals surface area contributed by atoms with Gasteiger partial charge in [0.25, 0.3) is 0 Å². The molecule has 0 bridgehead atoms. The van der Waals surface area contributed by atoms with Crippen molar-refractivity contribution < 1.29 is 14.3 Å². The molecule has 0 saturated heterocycles. The standard InChI is InChI=1S/C15H17NO3S2.C2H6/c1-11-7-8-12(17)15(11)19-14(18)6-4-10-20-21-13-5-2-3-9-16-13;1-2/h2-3,5,9,15H,1,4,6-8,10H2;1-2H3. The Morgan fingerprint density at radius 2 is 2.17 bits per heavy atom. The van der Waals surface area contributed by atoms with Crippen molar-refractivity contribution in [2.45, 2.75) is 50.7 Å². The van der Waals surface area contributed by atoms with E-state index in [1.54, 1.807) is 27.8 Å². The van der Waals surface area contributed by atoms with E-state index in [0.717, 1.165) is 17.2 Å². The minimum atomic E-state index is -0.701. The first-order chi connectivity index (χ1) is 11.2. The predicted octanol–water partition coefficient (Wildman–Crippen LogP) is 4.46. The summed E-state index contributed by atoms with van der Waals surface area (Å²) in [5, 5.41) is 0.956. The van der Waals surface area contributed by atoms with Crippen molar-refractivity contribution in [3.05, 3.63) is 36.5 Å². The van der Waals surface area contributed by atoms with Gasteiger partial charge in [-0.25, -0.2) is 4.98 Å². The van der Waals surface area contributed by atoms with Gasteiger partial charge >= 0.3 is 5.97 Å². The highest BCUT2D eigenvalue weighted by Crippen LogP contribution is 2.30. The molecule has 0 radical (unpaired) electrons. The number of rotatable bonds is 7. The third-order valence-corrected chi connectivity index (χ3v) is 5.35. The van der Waals surface area contributed by atoms with E-state index in [2.05, 4.69) is 11.6 Å². The highest BCUT2D eigenvalue weighted by molar-refractivity contribution is 8.76. The maximum Gasteiger partial charge on any atom is 0.306 e. The van der Waals surface area contributed by atoms with Crippen molar-refractivity contribution in [1.29, 1.82) is 0 Å². The molecule has 1 saturated carbocycles. The minimum absolute atomic E-state index is 0.0339. The van der Waals surface area contributed by atoms with E-state index < -0.39 is 6.10 Å². The van der Waals surface area contributed by atoms with Crippen LogP contribution < -0.4 is 0 Å². The number of carbonyl (C=O) groups excluding carboxylic acids is 2. The Hall–Kier alpha value is -1.27. The van der Waals surface area contributed by atoms with E-state index in [-0.39, 0.29) is 11.8 Å². The summed E-state index contributed by atoms with van der Waals surface area (Å²) >= 11 is 0. The fourth-order valence-corrected chi connectivity index (χ4v) is 3.85. The lowest BCUT2D eigenvalue weighted by atomic mass is 10.2. The Labute approximate surface area is 145 Å². The number of Topliss-reactive ketones (excluding diaryl/α,β-unsaturated/α-hetero) is 1. The number of carbonyl (C=O) groups is 2. The number of ketones is 1. The van der Waals surface area contributed by atoms with Crippen LogP contribution in [0.15, 0.2) is 41.6 Å². The summed E-state index contributed by atoms with van der Waals surface area (Å²) in [6, 6.07) is 5.77. The number of hydrogen-bond donors (Lipinski definition) is 0. The SMILES string of the molecule is C=C1CCC(=O)C1OC(=O)CCCSSc1ccccn1.CC. The van der Waals surface area contributed by atoms with Crippen LogP contribution in [0.1, 0.15) is 39.5 Å². The lowest BCUT2D eigenvalue weighted by Gasteiger charge is -2.11. The molecule has 1 aliphatic rings. The second-order valence-electron chi connectivity index (χ2n) is 4.67. The molecule has 1 aromatic heterocycles. The summed E-state index contributed by atoms with van der Waals surface area (Å²) < 4.78 is 5.18. The quantitative estimate of drug-likeness (QED) is 0.312. The second kappa shape index (κ2) is 11.3. The number of pyridine rings is 1. The molecule has 1 fully saturated rings. The highest BCUT2D eigenvalue weighted by Gasteiger charge is 2.31. The molecular formula is C17H23NO3S2. The van der Waals surface area contributed by atoms with Gasteiger partial charge in [-0.05, 0) is 41.3 Å².